The lowest BCUT2D eigenvalue weighted by molar-refractivity contribution is 0.0437. The summed E-state index contributed by atoms with van der Waals surface area (Å²) in [5.74, 6) is 0.519. The van der Waals surface area contributed by atoms with Crippen LogP contribution in [0.1, 0.15) is 59.3 Å². The molecule has 3 atom stereocenters. The van der Waals surface area contributed by atoms with Crippen molar-refractivity contribution in [1.29, 1.82) is 0 Å². The zero-order valence-electron chi connectivity index (χ0n) is 19.8. The van der Waals surface area contributed by atoms with Crippen LogP contribution in [0.5, 0.6) is 0 Å². The van der Waals surface area contributed by atoms with Gasteiger partial charge < -0.3 is 4.74 Å². The van der Waals surface area contributed by atoms with Gasteiger partial charge in [0.1, 0.15) is 6.10 Å². The second kappa shape index (κ2) is 9.16. The molecule has 1 heterocycles. The Bertz CT molecular complexity index is 913. The van der Waals surface area contributed by atoms with E-state index >= 15 is 0 Å². The summed E-state index contributed by atoms with van der Waals surface area (Å²) in [5.41, 5.74) is 8.50. The molecule has 1 saturated carbocycles. The number of likely N-dealkylation sites (tertiary alicyclic amines) is 1. The lowest BCUT2D eigenvalue weighted by Gasteiger charge is -2.36. The van der Waals surface area contributed by atoms with Crippen molar-refractivity contribution in [3.8, 4) is 0 Å². The molecule has 3 unspecified atom stereocenters. The smallest absolute Gasteiger partial charge is 0.170 e. The van der Waals surface area contributed by atoms with Gasteiger partial charge in [-0.15, -0.1) is 0 Å². The Morgan fingerprint density at radius 2 is 2.23 bits per heavy atom. The average Bonchev–Trinajstić information content (AvgIpc) is 3.26. The third-order valence-corrected chi connectivity index (χ3v) is 7.53. The van der Waals surface area contributed by atoms with Crippen LogP contribution in [0.25, 0.3) is 0 Å². The number of ether oxygens (including phenoxy) is 1. The largest absolute Gasteiger partial charge is 0.478 e. The Morgan fingerprint density at radius 1 is 1.39 bits per heavy atom. The molecular weight excluding hydrogens is 380 g/mol. The van der Waals surface area contributed by atoms with Gasteiger partial charge in [0, 0.05) is 12.3 Å². The maximum absolute atomic E-state index is 6.20. The molecule has 0 aromatic heterocycles. The van der Waals surface area contributed by atoms with Crippen molar-refractivity contribution in [2.24, 2.45) is 10.9 Å². The summed E-state index contributed by atoms with van der Waals surface area (Å²) < 4.78 is 6.20. The molecule has 0 bridgehead atoms. The van der Waals surface area contributed by atoms with Crippen LogP contribution in [0.2, 0.25) is 0 Å². The van der Waals surface area contributed by atoms with E-state index in [1.807, 2.05) is 0 Å². The summed E-state index contributed by atoms with van der Waals surface area (Å²) in [4.78, 5) is 7.11. The van der Waals surface area contributed by atoms with E-state index in [1.54, 1.807) is 6.40 Å². The second-order valence-corrected chi connectivity index (χ2v) is 9.92. The van der Waals surface area contributed by atoms with E-state index in [0.29, 0.717) is 12.5 Å². The normalized spacial score (nSPS) is 31.6. The standard InChI is InChI=1S/C28H38N2O/c1-6-23-9-7-10-24-13-20(2)14-25(27(23)24)15-22(4)18-29-19-31-26-16-21(3)17-28(26)11-8-12-30(28)5/h7,9-10,14-15,19,24,26H,3,6,8,11-13,16-18H2,1-2,4-5H3/b22-15+,29-19?. The van der Waals surface area contributed by atoms with E-state index < -0.39 is 0 Å². The molecule has 3 nitrogen and oxygen atoms in total. The fourth-order valence-electron chi connectivity index (χ4n) is 6.00. The molecule has 31 heavy (non-hydrogen) atoms. The van der Waals surface area contributed by atoms with Crippen LogP contribution in [-0.2, 0) is 4.74 Å². The highest BCUT2D eigenvalue weighted by atomic mass is 16.5. The molecule has 0 aromatic rings. The molecule has 1 saturated heterocycles. The van der Waals surface area contributed by atoms with Crippen LogP contribution >= 0.6 is 0 Å². The van der Waals surface area contributed by atoms with Gasteiger partial charge in [0.05, 0.1) is 12.1 Å². The minimum atomic E-state index is 0.136. The number of allylic oxidation sites excluding steroid dienone is 9. The van der Waals surface area contributed by atoms with Gasteiger partial charge in [0.25, 0.3) is 0 Å². The molecule has 4 aliphatic rings. The molecule has 2 fully saturated rings. The molecule has 0 N–H and O–H groups in total. The van der Waals surface area contributed by atoms with Crippen molar-refractivity contribution in [1.82, 2.24) is 4.90 Å². The first-order valence-corrected chi connectivity index (χ1v) is 11.9. The van der Waals surface area contributed by atoms with E-state index in [4.69, 9.17) is 4.74 Å². The zero-order chi connectivity index (χ0) is 22.0. The number of nitrogens with zero attached hydrogens (tertiary/aromatic N) is 2. The number of likely N-dealkylation sites (N-methyl/N-ethyl adjacent to an activating group) is 1. The van der Waals surface area contributed by atoms with E-state index in [0.717, 1.165) is 32.2 Å². The van der Waals surface area contributed by atoms with E-state index in [9.17, 15) is 0 Å². The zero-order valence-corrected chi connectivity index (χ0v) is 19.8. The summed E-state index contributed by atoms with van der Waals surface area (Å²) in [5, 5.41) is 0. The van der Waals surface area contributed by atoms with Gasteiger partial charge in [-0.1, -0.05) is 60.6 Å². The Labute approximate surface area is 188 Å². The molecule has 1 aliphatic heterocycles. The van der Waals surface area contributed by atoms with Gasteiger partial charge in [-0.2, -0.15) is 0 Å². The predicted molar refractivity (Wildman–Crippen MR) is 131 cm³/mol. The van der Waals surface area contributed by atoms with Crippen LogP contribution in [0.15, 0.2) is 75.4 Å². The Hall–Kier alpha value is -2.13. The number of aliphatic imine (C=N–C) groups is 1. The predicted octanol–water partition coefficient (Wildman–Crippen LogP) is 6.33. The van der Waals surface area contributed by atoms with Gasteiger partial charge >= 0.3 is 0 Å². The molecule has 166 valence electrons. The second-order valence-electron chi connectivity index (χ2n) is 9.92. The first-order valence-electron chi connectivity index (χ1n) is 11.9. The molecule has 1 spiro atoms. The van der Waals surface area contributed by atoms with Gasteiger partial charge in [-0.05, 0) is 76.3 Å². The first kappa shape index (κ1) is 22.1. The highest BCUT2D eigenvalue weighted by Gasteiger charge is 2.50. The van der Waals surface area contributed by atoms with Gasteiger partial charge in [-0.25, -0.2) is 0 Å². The van der Waals surface area contributed by atoms with Crippen molar-refractivity contribution in [3.05, 3.63) is 70.4 Å². The van der Waals surface area contributed by atoms with E-state index in [1.165, 1.54) is 46.3 Å². The number of hydrogen-bond donors (Lipinski definition) is 0. The summed E-state index contributed by atoms with van der Waals surface area (Å²) in [6.45, 7) is 12.8. The van der Waals surface area contributed by atoms with Crippen molar-refractivity contribution >= 4 is 6.40 Å². The molecule has 0 amide bonds. The lowest BCUT2D eigenvalue weighted by Crippen LogP contribution is -2.48. The van der Waals surface area contributed by atoms with Crippen LogP contribution < -0.4 is 0 Å². The maximum Gasteiger partial charge on any atom is 0.170 e. The summed E-state index contributed by atoms with van der Waals surface area (Å²) in [7, 11) is 2.23. The third kappa shape index (κ3) is 4.43. The SMILES string of the molecule is C=C1CC(OC=NC/C(C)=C/C2=C3C(CC)=CC=CC3CC(C)=C2)C2(CCCN2C)C1. The van der Waals surface area contributed by atoms with E-state index in [-0.39, 0.29) is 11.6 Å². The molecule has 0 radical (unpaired) electrons. The number of hydrogen-bond acceptors (Lipinski definition) is 3. The van der Waals surface area contributed by atoms with Gasteiger partial charge in [0.15, 0.2) is 6.40 Å². The van der Waals surface area contributed by atoms with Crippen LogP contribution in [0, 0.1) is 5.92 Å². The molecular formula is C28H38N2O. The Morgan fingerprint density at radius 3 is 2.97 bits per heavy atom. The van der Waals surface area contributed by atoms with Crippen LogP contribution in [0.4, 0.5) is 0 Å². The number of fused-ring (bicyclic) bond motifs is 1. The fraction of sp³-hybridized carbons (Fsp3) is 0.536. The summed E-state index contributed by atoms with van der Waals surface area (Å²) in [6, 6.07) is 0. The maximum atomic E-state index is 6.20. The topological polar surface area (TPSA) is 24.8 Å². The fourth-order valence-corrected chi connectivity index (χ4v) is 6.00. The number of rotatable bonds is 6. The first-order chi connectivity index (χ1) is 14.9. The molecule has 3 aliphatic carbocycles. The average molecular weight is 419 g/mol. The Kier molecular flexibility index (Phi) is 6.52. The van der Waals surface area contributed by atoms with Crippen molar-refractivity contribution < 1.29 is 4.74 Å². The Balaban J connectivity index is 1.43. The lowest BCUT2D eigenvalue weighted by atomic mass is 9.76. The minimum Gasteiger partial charge on any atom is -0.478 e. The van der Waals surface area contributed by atoms with Crippen molar-refractivity contribution in [3.63, 3.8) is 0 Å². The molecule has 3 heteroatoms. The summed E-state index contributed by atoms with van der Waals surface area (Å²) >= 11 is 0. The monoisotopic (exact) mass is 418 g/mol. The van der Waals surface area contributed by atoms with Crippen molar-refractivity contribution in [2.75, 3.05) is 20.1 Å². The van der Waals surface area contributed by atoms with Crippen LogP contribution in [-0.4, -0.2) is 43.1 Å². The minimum absolute atomic E-state index is 0.136. The third-order valence-electron chi connectivity index (χ3n) is 7.53. The molecule has 4 rings (SSSR count). The van der Waals surface area contributed by atoms with Crippen LogP contribution in [0.3, 0.4) is 0 Å². The quantitative estimate of drug-likeness (QED) is 0.286. The molecule has 0 aromatic carbocycles. The van der Waals surface area contributed by atoms with Crippen molar-refractivity contribution in [2.45, 2.75) is 70.9 Å². The van der Waals surface area contributed by atoms with Gasteiger partial charge in [-0.3, -0.25) is 9.89 Å². The van der Waals surface area contributed by atoms with E-state index in [2.05, 4.69) is 74.7 Å². The highest BCUT2D eigenvalue weighted by molar-refractivity contribution is 5.55. The highest BCUT2D eigenvalue weighted by Crippen LogP contribution is 2.45. The van der Waals surface area contributed by atoms with Gasteiger partial charge in [0.2, 0.25) is 0 Å². The summed E-state index contributed by atoms with van der Waals surface area (Å²) in [6.07, 6.45) is 20.1.